The van der Waals surface area contributed by atoms with Crippen molar-refractivity contribution in [2.75, 3.05) is 0 Å². The highest BCUT2D eigenvalue weighted by Crippen LogP contribution is 1.90. The van der Waals surface area contributed by atoms with E-state index in [9.17, 15) is 9.59 Å². The average molecular weight is 174 g/mol. The fourth-order valence-corrected chi connectivity index (χ4v) is 0.640. The molecule has 0 aliphatic carbocycles. The molecule has 0 bridgehead atoms. The Kier molecular flexibility index (Phi) is 4.28. The summed E-state index contributed by atoms with van der Waals surface area (Å²) in [6.07, 6.45) is -0.720. The fraction of sp³-hybridized carbons (Fsp3) is 0.714. The van der Waals surface area contributed by atoms with Crippen LogP contribution < -0.4 is 11.1 Å². The molecule has 0 saturated heterocycles. The van der Waals surface area contributed by atoms with Gasteiger partial charge in [-0.25, -0.2) is 0 Å². The van der Waals surface area contributed by atoms with Crippen molar-refractivity contribution in [3.63, 3.8) is 0 Å². The Bertz CT molecular complexity index is 179. The van der Waals surface area contributed by atoms with Gasteiger partial charge >= 0.3 is 0 Å². The molecule has 0 rings (SSSR count). The topological polar surface area (TPSA) is 92.4 Å². The van der Waals surface area contributed by atoms with Crippen molar-refractivity contribution in [2.24, 2.45) is 5.73 Å². The van der Waals surface area contributed by atoms with Crippen LogP contribution in [0.25, 0.3) is 0 Å². The van der Waals surface area contributed by atoms with Crippen LogP contribution in [-0.2, 0) is 9.59 Å². The Hall–Kier alpha value is -1.10. The number of nitrogens with two attached hydrogens (primary N) is 1. The largest absolute Gasteiger partial charge is 0.393 e. The summed E-state index contributed by atoms with van der Waals surface area (Å²) in [7, 11) is 0. The van der Waals surface area contributed by atoms with E-state index in [4.69, 9.17) is 10.8 Å². The van der Waals surface area contributed by atoms with Crippen LogP contribution >= 0.6 is 0 Å². The maximum Gasteiger partial charge on any atom is 0.239 e. The molecule has 2 atom stereocenters. The molecular weight excluding hydrogens is 160 g/mol. The zero-order valence-electron chi connectivity index (χ0n) is 7.20. The molecule has 70 valence electrons. The summed E-state index contributed by atoms with van der Waals surface area (Å²) in [5, 5.41) is 11.1. The third-order valence-corrected chi connectivity index (χ3v) is 1.29. The Morgan fingerprint density at radius 1 is 1.50 bits per heavy atom. The van der Waals surface area contributed by atoms with Crippen molar-refractivity contribution in [3.05, 3.63) is 0 Å². The number of amides is 2. The van der Waals surface area contributed by atoms with E-state index < -0.39 is 18.1 Å². The van der Waals surface area contributed by atoms with E-state index in [1.807, 2.05) is 0 Å². The summed E-state index contributed by atoms with van der Waals surface area (Å²) in [5.74, 6) is -0.967. The summed E-state index contributed by atoms with van der Waals surface area (Å²) in [6, 6.07) is -0.684. The maximum absolute atomic E-state index is 10.9. The lowest BCUT2D eigenvalue weighted by atomic mass is 10.2. The maximum atomic E-state index is 10.9. The van der Waals surface area contributed by atoms with Crippen LogP contribution in [0.4, 0.5) is 0 Å². The predicted molar refractivity (Wildman–Crippen MR) is 43.1 cm³/mol. The number of primary amides is 1. The molecule has 0 fully saturated rings. The summed E-state index contributed by atoms with van der Waals surface area (Å²) >= 11 is 0. The summed E-state index contributed by atoms with van der Waals surface area (Å²) in [5.41, 5.74) is 4.90. The SMILES string of the molecule is CC(O)CC(=O)N[C@H](C)C(N)=O. The third-order valence-electron chi connectivity index (χ3n) is 1.29. The van der Waals surface area contributed by atoms with Crippen molar-refractivity contribution in [1.29, 1.82) is 0 Å². The molecule has 2 amide bonds. The molecule has 0 heterocycles. The summed E-state index contributed by atoms with van der Waals surface area (Å²) < 4.78 is 0. The van der Waals surface area contributed by atoms with E-state index in [1.54, 1.807) is 0 Å². The molecule has 12 heavy (non-hydrogen) atoms. The van der Waals surface area contributed by atoms with Gasteiger partial charge in [0, 0.05) is 0 Å². The first-order chi connectivity index (χ1) is 5.43. The Morgan fingerprint density at radius 2 is 2.00 bits per heavy atom. The molecule has 1 unspecified atom stereocenters. The van der Waals surface area contributed by atoms with Gasteiger partial charge in [0.15, 0.2) is 0 Å². The third kappa shape index (κ3) is 4.68. The molecule has 0 saturated carbocycles. The molecule has 0 radical (unpaired) electrons. The summed E-state index contributed by atoms with van der Waals surface area (Å²) in [4.78, 5) is 21.4. The average Bonchev–Trinajstić information content (AvgIpc) is 1.84. The first-order valence-electron chi connectivity index (χ1n) is 3.70. The Morgan fingerprint density at radius 3 is 2.33 bits per heavy atom. The lowest BCUT2D eigenvalue weighted by Gasteiger charge is -2.10. The predicted octanol–water partition coefficient (Wildman–Crippen LogP) is -1.25. The van der Waals surface area contributed by atoms with Crippen LogP contribution in [0.5, 0.6) is 0 Å². The van der Waals surface area contributed by atoms with Crippen molar-refractivity contribution < 1.29 is 14.7 Å². The minimum absolute atomic E-state index is 0.0162. The second kappa shape index (κ2) is 4.71. The number of aliphatic hydroxyl groups excluding tert-OH is 1. The lowest BCUT2D eigenvalue weighted by molar-refractivity contribution is -0.128. The molecule has 0 aliphatic heterocycles. The van der Waals surface area contributed by atoms with Crippen LogP contribution in [0.1, 0.15) is 20.3 Å². The van der Waals surface area contributed by atoms with E-state index in [0.29, 0.717) is 0 Å². The summed E-state index contributed by atoms with van der Waals surface area (Å²) in [6.45, 7) is 2.98. The number of carbonyl (C=O) groups is 2. The van der Waals surface area contributed by atoms with Crippen LogP contribution in [-0.4, -0.2) is 29.1 Å². The molecular formula is C7H14N2O3. The normalized spacial score (nSPS) is 14.9. The number of hydrogen-bond donors (Lipinski definition) is 3. The second-order valence-corrected chi connectivity index (χ2v) is 2.74. The first kappa shape index (κ1) is 10.9. The molecule has 5 nitrogen and oxygen atoms in total. The van der Waals surface area contributed by atoms with E-state index in [-0.39, 0.29) is 12.3 Å². The molecule has 5 heteroatoms. The molecule has 0 spiro atoms. The van der Waals surface area contributed by atoms with Gasteiger partial charge in [-0.15, -0.1) is 0 Å². The van der Waals surface area contributed by atoms with E-state index in [2.05, 4.69) is 5.32 Å². The van der Waals surface area contributed by atoms with Gasteiger partial charge in [0.2, 0.25) is 11.8 Å². The Balaban J connectivity index is 3.77. The quantitative estimate of drug-likeness (QED) is 0.497. The number of nitrogens with one attached hydrogen (secondary N) is 1. The standard InChI is InChI=1S/C7H14N2O3/c1-4(10)3-6(11)9-5(2)7(8)12/h4-5,10H,3H2,1-2H3,(H2,8,12)(H,9,11)/t4?,5-/m1/s1. The lowest BCUT2D eigenvalue weighted by Crippen LogP contribution is -2.42. The van der Waals surface area contributed by atoms with Gasteiger partial charge in [0.05, 0.1) is 12.5 Å². The smallest absolute Gasteiger partial charge is 0.239 e. The van der Waals surface area contributed by atoms with Gasteiger partial charge in [-0.05, 0) is 13.8 Å². The van der Waals surface area contributed by atoms with Crippen LogP contribution in [0.15, 0.2) is 0 Å². The first-order valence-corrected chi connectivity index (χ1v) is 3.70. The van der Waals surface area contributed by atoms with Gasteiger partial charge in [-0.1, -0.05) is 0 Å². The highest BCUT2D eigenvalue weighted by molar-refractivity contribution is 5.86. The van der Waals surface area contributed by atoms with Gasteiger partial charge in [-0.3, -0.25) is 9.59 Å². The highest BCUT2D eigenvalue weighted by atomic mass is 16.3. The number of aliphatic hydroxyl groups is 1. The molecule has 0 aliphatic rings. The van der Waals surface area contributed by atoms with E-state index in [0.717, 1.165) is 0 Å². The van der Waals surface area contributed by atoms with E-state index in [1.165, 1.54) is 13.8 Å². The molecule has 0 aromatic heterocycles. The second-order valence-electron chi connectivity index (χ2n) is 2.74. The van der Waals surface area contributed by atoms with Crippen molar-refractivity contribution in [2.45, 2.75) is 32.4 Å². The van der Waals surface area contributed by atoms with E-state index >= 15 is 0 Å². The number of carbonyl (C=O) groups excluding carboxylic acids is 2. The van der Waals surface area contributed by atoms with Gasteiger partial charge < -0.3 is 16.2 Å². The van der Waals surface area contributed by atoms with Crippen molar-refractivity contribution in [1.82, 2.24) is 5.32 Å². The van der Waals surface area contributed by atoms with Crippen molar-refractivity contribution >= 4 is 11.8 Å². The Labute approximate surface area is 70.9 Å². The molecule has 0 aromatic rings. The minimum Gasteiger partial charge on any atom is -0.393 e. The zero-order chi connectivity index (χ0) is 9.72. The van der Waals surface area contributed by atoms with Gasteiger partial charge in [-0.2, -0.15) is 0 Å². The number of hydrogen-bond acceptors (Lipinski definition) is 3. The zero-order valence-corrected chi connectivity index (χ0v) is 7.20. The van der Waals surface area contributed by atoms with Gasteiger partial charge in [0.25, 0.3) is 0 Å². The number of rotatable bonds is 4. The monoisotopic (exact) mass is 174 g/mol. The minimum atomic E-state index is -0.704. The molecule has 4 N–H and O–H groups in total. The highest BCUT2D eigenvalue weighted by Gasteiger charge is 2.12. The molecule has 0 aromatic carbocycles. The van der Waals surface area contributed by atoms with Crippen LogP contribution in [0.2, 0.25) is 0 Å². The van der Waals surface area contributed by atoms with Crippen LogP contribution in [0, 0.1) is 0 Å². The fourth-order valence-electron chi connectivity index (χ4n) is 0.640. The van der Waals surface area contributed by atoms with Crippen molar-refractivity contribution in [3.8, 4) is 0 Å². The van der Waals surface area contributed by atoms with Gasteiger partial charge in [0.1, 0.15) is 6.04 Å². The van der Waals surface area contributed by atoms with Crippen LogP contribution in [0.3, 0.4) is 0 Å².